The third kappa shape index (κ3) is 5.89. The number of anilines is 1. The van der Waals surface area contributed by atoms with Crippen molar-refractivity contribution in [1.82, 2.24) is 5.32 Å². The summed E-state index contributed by atoms with van der Waals surface area (Å²) in [5.74, 6) is 0.674. The minimum absolute atomic E-state index is 0.257. The van der Waals surface area contributed by atoms with E-state index in [0.29, 0.717) is 10.7 Å². The van der Waals surface area contributed by atoms with E-state index in [2.05, 4.69) is 19.2 Å². The van der Waals surface area contributed by atoms with Gasteiger partial charge in [-0.1, -0.05) is 25.4 Å². The Hall–Kier alpha value is -2.25. The maximum atomic E-state index is 12.7. The highest BCUT2D eigenvalue weighted by Crippen LogP contribution is 2.32. The molecule has 2 aromatic carbocycles. The number of nitrogens with zero attached hydrogens (tertiary/aromatic N) is 1. The van der Waals surface area contributed by atoms with Gasteiger partial charge in [0.15, 0.2) is 0 Å². The van der Waals surface area contributed by atoms with Crippen LogP contribution in [0.1, 0.15) is 49.4 Å². The Kier molecular flexibility index (Phi) is 7.77. The number of hydrogen-bond acceptors (Lipinski definition) is 4. The fourth-order valence-corrected chi connectivity index (χ4v) is 4.30. The Balaban J connectivity index is 2.24. The molecule has 164 valence electrons. The molecule has 30 heavy (non-hydrogen) atoms. The molecule has 0 spiro atoms. The molecule has 1 N–H and O–H groups in total. The second-order valence-corrected chi connectivity index (χ2v) is 9.98. The molecule has 1 atom stereocenters. The number of sulfonamides is 1. The summed E-state index contributed by atoms with van der Waals surface area (Å²) >= 11 is 5.89. The molecule has 6 nitrogen and oxygen atoms in total. The van der Waals surface area contributed by atoms with Gasteiger partial charge in [0.1, 0.15) is 12.3 Å². The van der Waals surface area contributed by atoms with E-state index in [9.17, 15) is 13.2 Å². The van der Waals surface area contributed by atoms with Crippen molar-refractivity contribution in [1.29, 1.82) is 0 Å². The van der Waals surface area contributed by atoms with Crippen molar-refractivity contribution in [3.05, 3.63) is 58.1 Å². The molecule has 0 bridgehead atoms. The first-order valence-corrected chi connectivity index (χ1v) is 11.9. The number of rotatable bonds is 8. The molecule has 8 heteroatoms. The van der Waals surface area contributed by atoms with Crippen molar-refractivity contribution in [3.8, 4) is 5.75 Å². The van der Waals surface area contributed by atoms with Crippen LogP contribution in [-0.4, -0.2) is 34.2 Å². The topological polar surface area (TPSA) is 75.7 Å². The quantitative estimate of drug-likeness (QED) is 0.643. The largest absolute Gasteiger partial charge is 0.496 e. The summed E-state index contributed by atoms with van der Waals surface area (Å²) in [6.07, 6.45) is 1.07. The van der Waals surface area contributed by atoms with E-state index >= 15 is 0 Å². The van der Waals surface area contributed by atoms with Crippen LogP contribution in [0.25, 0.3) is 0 Å². The van der Waals surface area contributed by atoms with Gasteiger partial charge in [-0.15, -0.1) is 0 Å². The van der Waals surface area contributed by atoms with Gasteiger partial charge in [0, 0.05) is 5.02 Å². The molecule has 0 saturated heterocycles. The SMILES string of the molecule is COc1cc(C)c(C(C)NC(=O)CN(c2ccc(Cl)cc2)S(C)(=O)=O)cc1C(C)C. The van der Waals surface area contributed by atoms with Crippen LogP contribution in [0.15, 0.2) is 36.4 Å². The molecule has 0 aromatic heterocycles. The van der Waals surface area contributed by atoms with Gasteiger partial charge in [0.05, 0.1) is 25.1 Å². The first-order valence-electron chi connectivity index (χ1n) is 9.65. The van der Waals surface area contributed by atoms with Crippen molar-refractivity contribution < 1.29 is 17.9 Å². The van der Waals surface area contributed by atoms with Crippen molar-refractivity contribution in [3.63, 3.8) is 0 Å². The van der Waals surface area contributed by atoms with E-state index < -0.39 is 15.9 Å². The second-order valence-electron chi connectivity index (χ2n) is 7.64. The predicted octanol–water partition coefficient (Wildman–Crippen LogP) is 4.42. The number of amides is 1. The zero-order valence-corrected chi connectivity index (χ0v) is 19.8. The first-order chi connectivity index (χ1) is 13.9. The molecular formula is C22H29ClN2O4S. The number of nitrogens with one attached hydrogen (secondary N) is 1. The summed E-state index contributed by atoms with van der Waals surface area (Å²) in [4.78, 5) is 12.7. The number of carbonyl (C=O) groups is 1. The van der Waals surface area contributed by atoms with Crippen LogP contribution < -0.4 is 14.4 Å². The van der Waals surface area contributed by atoms with Crippen molar-refractivity contribution in [2.75, 3.05) is 24.2 Å². The molecular weight excluding hydrogens is 424 g/mol. The Labute approximate surface area is 184 Å². The average Bonchev–Trinajstić information content (AvgIpc) is 2.65. The van der Waals surface area contributed by atoms with Gasteiger partial charge in [-0.2, -0.15) is 0 Å². The lowest BCUT2D eigenvalue weighted by Gasteiger charge is -2.24. The lowest BCUT2D eigenvalue weighted by Crippen LogP contribution is -2.41. The monoisotopic (exact) mass is 452 g/mol. The molecule has 1 amide bonds. The number of methoxy groups -OCH3 is 1. The minimum atomic E-state index is -3.65. The zero-order chi connectivity index (χ0) is 22.6. The van der Waals surface area contributed by atoms with Gasteiger partial charge in [-0.3, -0.25) is 9.10 Å². The molecule has 0 aliphatic heterocycles. The van der Waals surface area contributed by atoms with Crippen molar-refractivity contribution in [2.24, 2.45) is 0 Å². The Morgan fingerprint density at radius 2 is 1.73 bits per heavy atom. The molecule has 0 aliphatic carbocycles. The summed E-state index contributed by atoms with van der Waals surface area (Å²) in [7, 11) is -2.01. The molecule has 0 heterocycles. The van der Waals surface area contributed by atoms with Gasteiger partial charge in [0.2, 0.25) is 15.9 Å². The average molecular weight is 453 g/mol. The van der Waals surface area contributed by atoms with E-state index in [1.54, 1.807) is 31.4 Å². The van der Waals surface area contributed by atoms with E-state index in [-0.39, 0.29) is 18.5 Å². The van der Waals surface area contributed by atoms with Crippen LogP contribution >= 0.6 is 11.6 Å². The molecule has 0 radical (unpaired) electrons. The van der Waals surface area contributed by atoms with Crippen LogP contribution in [-0.2, 0) is 14.8 Å². The highest BCUT2D eigenvalue weighted by Gasteiger charge is 2.23. The summed E-state index contributed by atoms with van der Waals surface area (Å²) in [5, 5.41) is 3.40. The first kappa shape index (κ1) is 24.0. The van der Waals surface area contributed by atoms with Crippen LogP contribution in [0.5, 0.6) is 5.75 Å². The summed E-state index contributed by atoms with van der Waals surface area (Å²) in [6, 6.07) is 10.0. The number of benzene rings is 2. The zero-order valence-electron chi connectivity index (χ0n) is 18.2. The minimum Gasteiger partial charge on any atom is -0.496 e. The summed E-state index contributed by atoms with van der Waals surface area (Å²) in [5.41, 5.74) is 3.39. The molecule has 0 fully saturated rings. The molecule has 0 saturated carbocycles. The van der Waals surface area contributed by atoms with E-state index in [1.807, 2.05) is 26.0 Å². The van der Waals surface area contributed by atoms with Gasteiger partial charge < -0.3 is 10.1 Å². The highest BCUT2D eigenvalue weighted by atomic mass is 35.5. The molecule has 2 aromatic rings. The normalized spacial score (nSPS) is 12.5. The third-order valence-corrected chi connectivity index (χ3v) is 6.28. The number of hydrogen-bond donors (Lipinski definition) is 1. The van der Waals surface area contributed by atoms with Gasteiger partial charge >= 0.3 is 0 Å². The predicted molar refractivity (Wildman–Crippen MR) is 122 cm³/mol. The van der Waals surface area contributed by atoms with Crippen LogP contribution in [0, 0.1) is 6.92 Å². The lowest BCUT2D eigenvalue weighted by molar-refractivity contribution is -0.120. The number of carbonyl (C=O) groups excluding carboxylic acids is 1. The number of halogens is 1. The third-order valence-electron chi connectivity index (χ3n) is 4.89. The van der Waals surface area contributed by atoms with E-state index in [1.165, 1.54) is 0 Å². The number of aryl methyl sites for hydroxylation is 1. The second kappa shape index (κ2) is 9.71. The van der Waals surface area contributed by atoms with Crippen molar-refractivity contribution in [2.45, 2.75) is 39.7 Å². The fraction of sp³-hybridized carbons (Fsp3) is 0.409. The van der Waals surface area contributed by atoms with Gasteiger partial charge in [0.25, 0.3) is 0 Å². The van der Waals surface area contributed by atoms with Crippen LogP contribution in [0.3, 0.4) is 0 Å². The Morgan fingerprint density at radius 1 is 1.13 bits per heavy atom. The van der Waals surface area contributed by atoms with Crippen LogP contribution in [0.2, 0.25) is 5.02 Å². The molecule has 2 rings (SSSR count). The summed E-state index contributed by atoms with van der Waals surface area (Å²) < 4.78 is 31.0. The smallest absolute Gasteiger partial charge is 0.241 e. The van der Waals surface area contributed by atoms with E-state index in [4.69, 9.17) is 16.3 Å². The Morgan fingerprint density at radius 3 is 2.23 bits per heavy atom. The highest BCUT2D eigenvalue weighted by molar-refractivity contribution is 7.92. The summed E-state index contributed by atoms with van der Waals surface area (Å²) in [6.45, 7) is 7.68. The molecule has 0 aliphatic rings. The maximum absolute atomic E-state index is 12.7. The molecule has 1 unspecified atom stereocenters. The standard InChI is InChI=1S/C22H29ClN2O4S/c1-14(2)19-12-20(15(3)11-21(19)29-5)16(4)24-22(26)13-25(30(6,27)28)18-9-7-17(23)8-10-18/h7-12,14,16H,13H2,1-6H3,(H,24,26). The Bertz CT molecular complexity index is 1000. The van der Waals surface area contributed by atoms with Gasteiger partial charge in [-0.25, -0.2) is 8.42 Å². The fourth-order valence-electron chi connectivity index (χ4n) is 3.31. The van der Waals surface area contributed by atoms with Crippen LogP contribution in [0.4, 0.5) is 5.69 Å². The maximum Gasteiger partial charge on any atom is 0.241 e. The lowest BCUT2D eigenvalue weighted by atomic mass is 9.93. The van der Waals surface area contributed by atoms with Crippen molar-refractivity contribution >= 4 is 33.2 Å². The van der Waals surface area contributed by atoms with Gasteiger partial charge in [-0.05, 0) is 72.9 Å². The number of ether oxygens (including phenoxy) is 1. The van der Waals surface area contributed by atoms with E-state index in [0.717, 1.165) is 33.0 Å².